The van der Waals surface area contributed by atoms with Gasteiger partial charge in [0.2, 0.25) is 15.5 Å². The first-order valence-corrected chi connectivity index (χ1v) is 13.8. The molecular weight excluding hydrogens is 438 g/mol. The highest BCUT2D eigenvalue weighted by molar-refractivity contribution is 7.89. The highest BCUT2D eigenvalue weighted by atomic mass is 32.2. The van der Waals surface area contributed by atoms with Crippen molar-refractivity contribution in [3.05, 3.63) is 40.2 Å². The predicted molar refractivity (Wildman–Crippen MR) is 130 cm³/mol. The van der Waals surface area contributed by atoms with E-state index in [2.05, 4.69) is 5.32 Å². The number of pyridine rings is 1. The first kappa shape index (κ1) is 24.0. The molecular formula is C25H35N3O4S. The number of hydrogen-bond donors (Lipinski definition) is 1. The second-order valence-electron chi connectivity index (χ2n) is 9.50. The van der Waals surface area contributed by atoms with Crippen molar-refractivity contribution in [2.24, 2.45) is 7.05 Å². The second kappa shape index (κ2) is 10.4. The third-order valence-corrected chi connectivity index (χ3v) is 8.94. The summed E-state index contributed by atoms with van der Waals surface area (Å²) in [7, 11) is -1.91. The summed E-state index contributed by atoms with van der Waals surface area (Å²) < 4.78 is 29.8. The number of nitrogens with one attached hydrogen (secondary N) is 1. The molecule has 1 saturated carbocycles. The van der Waals surface area contributed by atoms with Gasteiger partial charge in [-0.2, -0.15) is 4.31 Å². The fraction of sp³-hybridized carbons (Fsp3) is 0.600. The molecule has 1 amide bonds. The molecule has 0 unspecified atom stereocenters. The number of carbonyl (C=O) groups excluding carboxylic acids is 1. The third-order valence-electron chi connectivity index (χ3n) is 7.05. The maximum absolute atomic E-state index is 13.3. The van der Waals surface area contributed by atoms with Gasteiger partial charge >= 0.3 is 0 Å². The number of aryl methyl sites for hydroxylation is 1. The minimum Gasteiger partial charge on any atom is -0.350 e. The van der Waals surface area contributed by atoms with Gasteiger partial charge in [0.1, 0.15) is 5.56 Å². The molecule has 0 bridgehead atoms. The molecule has 1 aliphatic heterocycles. The number of amides is 1. The number of fused-ring (bicyclic) bond motifs is 1. The highest BCUT2D eigenvalue weighted by Crippen LogP contribution is 2.23. The highest BCUT2D eigenvalue weighted by Gasteiger charge is 2.26. The van der Waals surface area contributed by atoms with Gasteiger partial charge in [-0.15, -0.1) is 0 Å². The summed E-state index contributed by atoms with van der Waals surface area (Å²) >= 11 is 0. The summed E-state index contributed by atoms with van der Waals surface area (Å²) in [5.74, 6) is -0.371. The third kappa shape index (κ3) is 5.32. The molecule has 0 atom stereocenters. The van der Waals surface area contributed by atoms with Crippen LogP contribution in [0.3, 0.4) is 0 Å². The van der Waals surface area contributed by atoms with Crippen molar-refractivity contribution in [2.75, 3.05) is 13.1 Å². The van der Waals surface area contributed by atoms with Gasteiger partial charge in [-0.1, -0.05) is 44.9 Å². The van der Waals surface area contributed by atoms with Gasteiger partial charge in [-0.3, -0.25) is 9.59 Å². The van der Waals surface area contributed by atoms with Crippen molar-refractivity contribution >= 4 is 26.8 Å². The summed E-state index contributed by atoms with van der Waals surface area (Å²) in [4.78, 5) is 26.5. The fourth-order valence-corrected chi connectivity index (χ4v) is 6.63. The Morgan fingerprint density at radius 2 is 1.55 bits per heavy atom. The maximum Gasteiger partial charge on any atom is 0.256 e. The lowest BCUT2D eigenvalue weighted by Crippen LogP contribution is -2.38. The molecule has 180 valence electrons. The van der Waals surface area contributed by atoms with Crippen LogP contribution in [0.25, 0.3) is 10.9 Å². The Bertz CT molecular complexity index is 1160. The first-order chi connectivity index (χ1) is 15.9. The van der Waals surface area contributed by atoms with Crippen LogP contribution in [-0.4, -0.2) is 42.3 Å². The Labute approximate surface area is 196 Å². The molecule has 2 aliphatic rings. The van der Waals surface area contributed by atoms with Gasteiger partial charge in [-0.05, 0) is 43.9 Å². The van der Waals surface area contributed by atoms with Crippen LogP contribution >= 0.6 is 0 Å². The molecule has 2 fully saturated rings. The van der Waals surface area contributed by atoms with Crippen LogP contribution in [0, 0.1) is 0 Å². The number of hydrogen-bond acceptors (Lipinski definition) is 4. The van der Waals surface area contributed by atoms with Gasteiger partial charge in [0.15, 0.2) is 0 Å². The predicted octanol–water partition coefficient (Wildman–Crippen LogP) is 3.95. The molecule has 0 spiro atoms. The average molecular weight is 474 g/mol. The van der Waals surface area contributed by atoms with Crippen LogP contribution in [0.4, 0.5) is 0 Å². The number of benzene rings is 1. The molecule has 7 nitrogen and oxygen atoms in total. The molecule has 1 saturated heterocycles. The van der Waals surface area contributed by atoms with E-state index in [0.717, 1.165) is 51.4 Å². The number of nitrogens with zero attached hydrogens (tertiary/aromatic N) is 2. The molecule has 33 heavy (non-hydrogen) atoms. The topological polar surface area (TPSA) is 88.5 Å². The van der Waals surface area contributed by atoms with Gasteiger partial charge in [0, 0.05) is 37.8 Å². The second-order valence-corrected chi connectivity index (χ2v) is 11.4. The molecule has 1 aromatic carbocycles. The Kier molecular flexibility index (Phi) is 7.54. The zero-order chi connectivity index (χ0) is 23.4. The van der Waals surface area contributed by atoms with E-state index >= 15 is 0 Å². The number of rotatable bonds is 4. The molecule has 0 radical (unpaired) electrons. The smallest absolute Gasteiger partial charge is 0.256 e. The standard InChI is InChI=1S/C25H35N3O4S/c1-27-18-22(25(30)26-19-11-7-3-2-4-8-12-19)24(29)21-17-20(13-14-23(21)27)33(31,32)28-15-9-5-6-10-16-28/h13-14,17-19H,2-12,15-16H2,1H3,(H,26,30). The van der Waals surface area contributed by atoms with Crippen molar-refractivity contribution < 1.29 is 13.2 Å². The van der Waals surface area contributed by atoms with Crippen molar-refractivity contribution in [1.29, 1.82) is 0 Å². The largest absolute Gasteiger partial charge is 0.350 e. The Hall–Kier alpha value is -2.19. The minimum atomic E-state index is -3.69. The lowest BCUT2D eigenvalue weighted by Gasteiger charge is -2.21. The van der Waals surface area contributed by atoms with E-state index in [-0.39, 0.29) is 27.8 Å². The number of aromatic nitrogens is 1. The first-order valence-electron chi connectivity index (χ1n) is 12.3. The van der Waals surface area contributed by atoms with Gasteiger partial charge in [0.05, 0.1) is 10.4 Å². The quantitative estimate of drug-likeness (QED) is 0.728. The van der Waals surface area contributed by atoms with E-state index < -0.39 is 15.5 Å². The molecule has 1 N–H and O–H groups in total. The summed E-state index contributed by atoms with van der Waals surface area (Å²) in [6.07, 6.45) is 12.9. The molecule has 8 heteroatoms. The fourth-order valence-electron chi connectivity index (χ4n) is 5.09. The lowest BCUT2D eigenvalue weighted by molar-refractivity contribution is 0.0929. The van der Waals surface area contributed by atoms with Crippen molar-refractivity contribution in [3.63, 3.8) is 0 Å². The Morgan fingerprint density at radius 3 is 2.21 bits per heavy atom. The van der Waals surface area contributed by atoms with Crippen LogP contribution < -0.4 is 10.7 Å². The van der Waals surface area contributed by atoms with Crippen LogP contribution in [0.1, 0.15) is 81.0 Å². The zero-order valence-electron chi connectivity index (χ0n) is 19.5. The SMILES string of the molecule is Cn1cc(C(=O)NC2CCCCCCC2)c(=O)c2cc(S(=O)(=O)N3CCCCCC3)ccc21. The van der Waals surface area contributed by atoms with Gasteiger partial charge < -0.3 is 9.88 Å². The van der Waals surface area contributed by atoms with E-state index in [1.54, 1.807) is 29.9 Å². The van der Waals surface area contributed by atoms with E-state index in [1.165, 1.54) is 29.6 Å². The minimum absolute atomic E-state index is 0.0661. The van der Waals surface area contributed by atoms with Gasteiger partial charge in [0.25, 0.3) is 5.91 Å². The van der Waals surface area contributed by atoms with E-state index in [4.69, 9.17) is 0 Å². The van der Waals surface area contributed by atoms with Gasteiger partial charge in [-0.25, -0.2) is 8.42 Å². The van der Waals surface area contributed by atoms with Crippen LogP contribution in [0.15, 0.2) is 34.1 Å². The lowest BCUT2D eigenvalue weighted by atomic mass is 9.96. The van der Waals surface area contributed by atoms with Crippen molar-refractivity contribution in [2.45, 2.75) is 81.6 Å². The normalized spacial score (nSPS) is 19.5. The zero-order valence-corrected chi connectivity index (χ0v) is 20.3. The average Bonchev–Trinajstić information content (AvgIpc) is 3.08. The molecule has 1 aliphatic carbocycles. The monoisotopic (exact) mass is 473 g/mol. The summed E-state index contributed by atoms with van der Waals surface area (Å²) in [6.45, 7) is 1.00. The molecule has 2 heterocycles. The summed E-state index contributed by atoms with van der Waals surface area (Å²) in [5, 5.41) is 3.32. The van der Waals surface area contributed by atoms with E-state index in [0.29, 0.717) is 18.6 Å². The van der Waals surface area contributed by atoms with Crippen LogP contribution in [0.5, 0.6) is 0 Å². The van der Waals surface area contributed by atoms with Crippen molar-refractivity contribution in [1.82, 2.24) is 14.2 Å². The summed E-state index contributed by atoms with van der Waals surface area (Å²) in [6, 6.07) is 4.76. The maximum atomic E-state index is 13.3. The molecule has 2 aromatic rings. The molecule has 4 rings (SSSR count). The van der Waals surface area contributed by atoms with Crippen LogP contribution in [0.2, 0.25) is 0 Å². The van der Waals surface area contributed by atoms with E-state index in [9.17, 15) is 18.0 Å². The van der Waals surface area contributed by atoms with Crippen molar-refractivity contribution in [3.8, 4) is 0 Å². The van der Waals surface area contributed by atoms with Crippen LogP contribution in [-0.2, 0) is 17.1 Å². The Balaban J connectivity index is 1.66. The summed E-state index contributed by atoms with van der Waals surface area (Å²) in [5.41, 5.74) is 0.257. The molecule has 1 aromatic heterocycles. The number of carbonyl (C=O) groups is 1. The number of sulfonamides is 1. The Morgan fingerprint density at radius 1 is 0.939 bits per heavy atom. The van der Waals surface area contributed by atoms with E-state index in [1.807, 2.05) is 0 Å².